The third kappa shape index (κ3) is 5.45. The van der Waals surface area contributed by atoms with Gasteiger partial charge in [-0.1, -0.05) is 26.8 Å². The normalized spacial score (nSPS) is 23.3. The first-order chi connectivity index (χ1) is 8.88. The van der Waals surface area contributed by atoms with E-state index in [-0.39, 0.29) is 11.5 Å². The van der Waals surface area contributed by atoms with Crippen LogP contribution < -0.4 is 5.32 Å². The second kappa shape index (κ2) is 6.73. The third-order valence-corrected chi connectivity index (χ3v) is 3.44. The summed E-state index contributed by atoms with van der Waals surface area (Å²) in [6.45, 7) is 9.39. The van der Waals surface area contributed by atoms with Crippen molar-refractivity contribution < 1.29 is 14.3 Å². The molecule has 4 nitrogen and oxygen atoms in total. The molecule has 0 heterocycles. The van der Waals surface area contributed by atoms with Crippen molar-refractivity contribution in [2.24, 2.45) is 11.3 Å². The van der Waals surface area contributed by atoms with Crippen LogP contribution in [0.5, 0.6) is 0 Å². The standard InChI is InChI=1S/C15H25NO3/c1-5-6-7-8-11-9-12(11)19-14(18)16-13(10-17)15(2,3)4/h5,10-13H,1,6-9H2,2-4H3,(H,16,18)/t11-,12-,13-/m1/s1. The van der Waals surface area contributed by atoms with Gasteiger partial charge in [0.2, 0.25) is 0 Å². The topological polar surface area (TPSA) is 55.4 Å². The highest BCUT2D eigenvalue weighted by atomic mass is 16.6. The van der Waals surface area contributed by atoms with E-state index in [1.807, 2.05) is 26.8 Å². The smallest absolute Gasteiger partial charge is 0.408 e. The average molecular weight is 267 g/mol. The van der Waals surface area contributed by atoms with Crippen LogP contribution in [0.2, 0.25) is 0 Å². The fraction of sp³-hybridized carbons (Fsp3) is 0.733. The number of aldehydes is 1. The van der Waals surface area contributed by atoms with Crippen LogP contribution in [-0.2, 0) is 9.53 Å². The average Bonchev–Trinajstić information content (AvgIpc) is 3.03. The molecule has 4 heteroatoms. The quantitative estimate of drug-likeness (QED) is 0.438. The van der Waals surface area contributed by atoms with E-state index in [4.69, 9.17) is 4.74 Å². The van der Waals surface area contributed by atoms with Gasteiger partial charge in [0.1, 0.15) is 12.4 Å². The van der Waals surface area contributed by atoms with E-state index in [9.17, 15) is 9.59 Å². The summed E-state index contributed by atoms with van der Waals surface area (Å²) in [7, 11) is 0. The zero-order chi connectivity index (χ0) is 14.5. The van der Waals surface area contributed by atoms with Crippen LogP contribution in [-0.4, -0.2) is 24.5 Å². The molecule has 0 radical (unpaired) electrons. The fourth-order valence-corrected chi connectivity index (χ4v) is 1.95. The van der Waals surface area contributed by atoms with Gasteiger partial charge < -0.3 is 14.8 Å². The maximum absolute atomic E-state index is 11.7. The molecule has 3 atom stereocenters. The molecule has 0 aliphatic heterocycles. The molecule has 1 rings (SSSR count). The number of carbonyl (C=O) groups excluding carboxylic acids is 2. The first-order valence-corrected chi connectivity index (χ1v) is 6.91. The Kier molecular flexibility index (Phi) is 5.58. The fourth-order valence-electron chi connectivity index (χ4n) is 1.95. The number of carbonyl (C=O) groups is 2. The van der Waals surface area contributed by atoms with Gasteiger partial charge in [-0.25, -0.2) is 4.79 Å². The van der Waals surface area contributed by atoms with Crippen LogP contribution in [0.4, 0.5) is 4.79 Å². The highest BCUT2D eigenvalue weighted by Crippen LogP contribution is 2.38. The molecule has 0 unspecified atom stereocenters. The van der Waals surface area contributed by atoms with Gasteiger partial charge in [0.15, 0.2) is 0 Å². The molecule has 108 valence electrons. The van der Waals surface area contributed by atoms with Gasteiger partial charge in [0, 0.05) is 0 Å². The Labute approximate surface area is 115 Å². The van der Waals surface area contributed by atoms with E-state index in [0.29, 0.717) is 5.92 Å². The molecule has 0 aromatic heterocycles. The zero-order valence-electron chi connectivity index (χ0n) is 12.1. The summed E-state index contributed by atoms with van der Waals surface area (Å²) in [6.07, 6.45) is 6.31. The molecule has 0 saturated heterocycles. The van der Waals surface area contributed by atoms with E-state index in [0.717, 1.165) is 32.0 Å². The van der Waals surface area contributed by atoms with Crippen molar-refractivity contribution in [3.05, 3.63) is 12.7 Å². The lowest BCUT2D eigenvalue weighted by Gasteiger charge is -2.26. The third-order valence-electron chi connectivity index (χ3n) is 3.44. The number of rotatable bonds is 7. The highest BCUT2D eigenvalue weighted by Gasteiger charge is 2.40. The van der Waals surface area contributed by atoms with Crippen molar-refractivity contribution in [1.29, 1.82) is 0 Å². The Bertz CT molecular complexity index is 333. The first-order valence-electron chi connectivity index (χ1n) is 6.91. The molecule has 19 heavy (non-hydrogen) atoms. The van der Waals surface area contributed by atoms with Crippen LogP contribution in [0.3, 0.4) is 0 Å². The maximum Gasteiger partial charge on any atom is 0.408 e. The summed E-state index contributed by atoms with van der Waals surface area (Å²) in [4.78, 5) is 22.6. The van der Waals surface area contributed by atoms with E-state index < -0.39 is 12.1 Å². The van der Waals surface area contributed by atoms with Crippen LogP contribution in [0, 0.1) is 11.3 Å². The minimum absolute atomic E-state index is 0.0251. The minimum atomic E-state index is -0.516. The number of hydrogen-bond acceptors (Lipinski definition) is 3. The molecule has 1 N–H and O–H groups in total. The van der Waals surface area contributed by atoms with Crippen molar-refractivity contribution in [1.82, 2.24) is 5.32 Å². The Morgan fingerprint density at radius 2 is 2.21 bits per heavy atom. The van der Waals surface area contributed by atoms with E-state index >= 15 is 0 Å². The van der Waals surface area contributed by atoms with Crippen molar-refractivity contribution in [3.63, 3.8) is 0 Å². The predicted octanol–water partition coefficient (Wildman–Crippen LogP) is 3.07. The molecule has 0 bridgehead atoms. The van der Waals surface area contributed by atoms with Gasteiger partial charge in [-0.05, 0) is 37.0 Å². The van der Waals surface area contributed by atoms with Gasteiger partial charge in [-0.2, -0.15) is 0 Å². The molecule has 1 amide bonds. The molecule has 1 fully saturated rings. The van der Waals surface area contributed by atoms with E-state index in [1.165, 1.54) is 0 Å². The van der Waals surface area contributed by atoms with Gasteiger partial charge >= 0.3 is 6.09 Å². The molecule has 1 aliphatic carbocycles. The van der Waals surface area contributed by atoms with Crippen molar-refractivity contribution in [3.8, 4) is 0 Å². The lowest BCUT2D eigenvalue weighted by Crippen LogP contribution is -2.45. The van der Waals surface area contributed by atoms with Crippen LogP contribution >= 0.6 is 0 Å². The summed E-state index contributed by atoms with van der Waals surface area (Å²) in [5, 5.41) is 2.62. The molecular formula is C15H25NO3. The Balaban J connectivity index is 2.26. The van der Waals surface area contributed by atoms with Crippen molar-refractivity contribution in [2.75, 3.05) is 0 Å². The summed E-state index contributed by atoms with van der Waals surface area (Å²) >= 11 is 0. The molecule has 1 aliphatic rings. The van der Waals surface area contributed by atoms with Gasteiger partial charge in [0.05, 0.1) is 6.04 Å². The molecule has 0 spiro atoms. The van der Waals surface area contributed by atoms with Gasteiger partial charge in [0.25, 0.3) is 0 Å². The Morgan fingerprint density at radius 3 is 2.74 bits per heavy atom. The lowest BCUT2D eigenvalue weighted by atomic mass is 9.88. The van der Waals surface area contributed by atoms with Gasteiger partial charge in [-0.15, -0.1) is 6.58 Å². The SMILES string of the molecule is C=CCCC[C@@H]1C[C@H]1OC(=O)N[C@H](C=O)C(C)(C)C. The van der Waals surface area contributed by atoms with Crippen LogP contribution in [0.1, 0.15) is 46.5 Å². The molecule has 0 aromatic carbocycles. The van der Waals surface area contributed by atoms with Crippen molar-refractivity contribution >= 4 is 12.4 Å². The number of alkyl carbamates (subject to hydrolysis) is 1. The molecular weight excluding hydrogens is 242 g/mol. The minimum Gasteiger partial charge on any atom is -0.446 e. The van der Waals surface area contributed by atoms with E-state index in [1.54, 1.807) is 0 Å². The Hall–Kier alpha value is -1.32. The molecule has 1 saturated carbocycles. The van der Waals surface area contributed by atoms with Crippen molar-refractivity contribution in [2.45, 2.75) is 58.6 Å². The summed E-state index contributed by atoms with van der Waals surface area (Å²) < 4.78 is 5.30. The maximum atomic E-state index is 11.7. The zero-order valence-corrected chi connectivity index (χ0v) is 12.1. The summed E-state index contributed by atoms with van der Waals surface area (Å²) in [5.41, 5.74) is -0.298. The summed E-state index contributed by atoms with van der Waals surface area (Å²) in [6, 6.07) is -0.516. The van der Waals surface area contributed by atoms with Crippen LogP contribution in [0.15, 0.2) is 12.7 Å². The number of amides is 1. The number of hydrogen-bond donors (Lipinski definition) is 1. The summed E-state index contributed by atoms with van der Waals surface area (Å²) in [5.74, 6) is 0.481. The van der Waals surface area contributed by atoms with Crippen LogP contribution in [0.25, 0.3) is 0 Å². The Morgan fingerprint density at radius 1 is 1.53 bits per heavy atom. The second-order valence-electron chi connectivity index (χ2n) is 6.28. The van der Waals surface area contributed by atoms with Gasteiger partial charge in [-0.3, -0.25) is 0 Å². The number of allylic oxidation sites excluding steroid dienone is 1. The number of ether oxygens (including phenoxy) is 1. The van der Waals surface area contributed by atoms with E-state index in [2.05, 4.69) is 11.9 Å². The highest BCUT2D eigenvalue weighted by molar-refractivity contribution is 5.74. The second-order valence-corrected chi connectivity index (χ2v) is 6.28. The monoisotopic (exact) mass is 267 g/mol. The largest absolute Gasteiger partial charge is 0.446 e. The number of nitrogens with one attached hydrogen (secondary N) is 1. The number of unbranched alkanes of at least 4 members (excludes halogenated alkanes) is 1. The molecule has 0 aromatic rings. The lowest BCUT2D eigenvalue weighted by molar-refractivity contribution is -0.111. The predicted molar refractivity (Wildman–Crippen MR) is 74.9 cm³/mol. The first kappa shape index (κ1) is 15.7.